The highest BCUT2D eigenvalue weighted by atomic mass is 79.9. The minimum absolute atomic E-state index is 0.0971. The molecule has 1 unspecified atom stereocenters. The summed E-state index contributed by atoms with van der Waals surface area (Å²) in [5.74, 6) is 1.51. The molecule has 2 N–H and O–H groups in total. The first-order valence-corrected chi connectivity index (χ1v) is 7.14. The zero-order chi connectivity index (χ0) is 14.5. The van der Waals surface area contributed by atoms with Crippen molar-refractivity contribution in [2.45, 2.75) is 12.5 Å². The Morgan fingerprint density at radius 3 is 2.05 bits per heavy atom. The normalized spacial score (nSPS) is 12.0. The van der Waals surface area contributed by atoms with Crippen molar-refractivity contribution < 1.29 is 9.47 Å². The van der Waals surface area contributed by atoms with Crippen molar-refractivity contribution in [3.05, 3.63) is 58.1 Å². The van der Waals surface area contributed by atoms with Crippen LogP contribution in [0.15, 0.2) is 46.9 Å². The van der Waals surface area contributed by atoms with Gasteiger partial charge in [-0.3, -0.25) is 0 Å². The molecule has 2 rings (SSSR count). The lowest BCUT2D eigenvalue weighted by Gasteiger charge is -2.15. The molecule has 4 heteroatoms. The molecule has 2 aromatic carbocycles. The van der Waals surface area contributed by atoms with Crippen LogP contribution in [0.25, 0.3) is 0 Å². The molecule has 2 aromatic rings. The summed E-state index contributed by atoms with van der Waals surface area (Å²) in [6, 6.07) is 13.8. The fourth-order valence-corrected chi connectivity index (χ4v) is 2.30. The summed E-state index contributed by atoms with van der Waals surface area (Å²) in [6.45, 7) is 0. The Balaban J connectivity index is 2.19. The molecule has 20 heavy (non-hydrogen) atoms. The van der Waals surface area contributed by atoms with E-state index < -0.39 is 0 Å². The van der Waals surface area contributed by atoms with Gasteiger partial charge in [0.1, 0.15) is 11.5 Å². The first-order chi connectivity index (χ1) is 9.62. The highest BCUT2D eigenvalue weighted by Crippen LogP contribution is 2.27. The van der Waals surface area contributed by atoms with Crippen LogP contribution < -0.4 is 15.2 Å². The number of halogens is 1. The van der Waals surface area contributed by atoms with Gasteiger partial charge in [-0.2, -0.15) is 0 Å². The van der Waals surface area contributed by atoms with Gasteiger partial charge >= 0.3 is 0 Å². The van der Waals surface area contributed by atoms with Crippen LogP contribution in [0.1, 0.15) is 17.2 Å². The molecule has 0 saturated carbocycles. The van der Waals surface area contributed by atoms with E-state index >= 15 is 0 Å². The lowest BCUT2D eigenvalue weighted by atomic mass is 9.99. The standard InChI is InChI=1S/C16H18BrNO2/c1-19-14-8-12(9-15(10-14)20-2)16(18)7-11-3-5-13(17)6-4-11/h3-6,8-10,16H,7,18H2,1-2H3. The van der Waals surface area contributed by atoms with Crippen molar-refractivity contribution in [2.24, 2.45) is 5.73 Å². The van der Waals surface area contributed by atoms with Crippen LogP contribution in [0.3, 0.4) is 0 Å². The third-order valence-electron chi connectivity index (χ3n) is 3.17. The van der Waals surface area contributed by atoms with Gasteiger partial charge in [0.15, 0.2) is 0 Å². The third-order valence-corrected chi connectivity index (χ3v) is 3.70. The molecular formula is C16H18BrNO2. The van der Waals surface area contributed by atoms with Crippen molar-refractivity contribution >= 4 is 15.9 Å². The fraction of sp³-hybridized carbons (Fsp3) is 0.250. The molecule has 0 aliphatic heterocycles. The second-order valence-electron chi connectivity index (χ2n) is 4.58. The van der Waals surface area contributed by atoms with Gasteiger partial charge in [-0.25, -0.2) is 0 Å². The molecule has 0 radical (unpaired) electrons. The van der Waals surface area contributed by atoms with Crippen molar-refractivity contribution in [3.8, 4) is 11.5 Å². The molecule has 3 nitrogen and oxygen atoms in total. The Kier molecular flexibility index (Phi) is 5.04. The monoisotopic (exact) mass is 335 g/mol. The second kappa shape index (κ2) is 6.77. The lowest BCUT2D eigenvalue weighted by molar-refractivity contribution is 0.392. The fourth-order valence-electron chi connectivity index (χ4n) is 2.04. The molecule has 1 atom stereocenters. The number of methoxy groups -OCH3 is 2. The first-order valence-electron chi connectivity index (χ1n) is 6.35. The van der Waals surface area contributed by atoms with E-state index in [2.05, 4.69) is 28.1 Å². The summed E-state index contributed by atoms with van der Waals surface area (Å²) < 4.78 is 11.6. The van der Waals surface area contributed by atoms with Gasteiger partial charge in [-0.1, -0.05) is 28.1 Å². The predicted octanol–water partition coefficient (Wildman–Crippen LogP) is 3.71. The minimum Gasteiger partial charge on any atom is -0.497 e. The van der Waals surface area contributed by atoms with E-state index in [0.717, 1.165) is 28.0 Å². The average molecular weight is 336 g/mol. The van der Waals surface area contributed by atoms with Crippen molar-refractivity contribution in [2.75, 3.05) is 14.2 Å². The molecule has 0 heterocycles. The summed E-state index contributed by atoms with van der Waals surface area (Å²) in [4.78, 5) is 0. The average Bonchev–Trinajstić information content (AvgIpc) is 2.48. The molecule has 0 saturated heterocycles. The maximum absolute atomic E-state index is 6.29. The highest BCUT2D eigenvalue weighted by Gasteiger charge is 2.10. The molecular weight excluding hydrogens is 318 g/mol. The molecule has 0 fully saturated rings. The Bertz CT molecular complexity index is 547. The van der Waals surface area contributed by atoms with E-state index in [9.17, 15) is 0 Å². The maximum Gasteiger partial charge on any atom is 0.122 e. The van der Waals surface area contributed by atoms with Crippen molar-refractivity contribution in [1.82, 2.24) is 0 Å². The van der Waals surface area contributed by atoms with Gasteiger partial charge in [0, 0.05) is 16.6 Å². The van der Waals surface area contributed by atoms with Gasteiger partial charge < -0.3 is 15.2 Å². The van der Waals surface area contributed by atoms with E-state index in [4.69, 9.17) is 15.2 Å². The van der Waals surface area contributed by atoms with Crippen LogP contribution in [-0.4, -0.2) is 14.2 Å². The van der Waals surface area contributed by atoms with Crippen LogP contribution in [-0.2, 0) is 6.42 Å². The van der Waals surface area contributed by atoms with Gasteiger partial charge in [-0.05, 0) is 41.8 Å². The van der Waals surface area contributed by atoms with E-state index in [1.165, 1.54) is 5.56 Å². The molecule has 106 valence electrons. The van der Waals surface area contributed by atoms with Crippen LogP contribution in [0.5, 0.6) is 11.5 Å². The van der Waals surface area contributed by atoms with Crippen LogP contribution in [0.2, 0.25) is 0 Å². The Hall–Kier alpha value is -1.52. The van der Waals surface area contributed by atoms with Crippen LogP contribution in [0, 0.1) is 0 Å². The number of benzene rings is 2. The minimum atomic E-state index is -0.0971. The number of hydrogen-bond acceptors (Lipinski definition) is 3. The SMILES string of the molecule is COc1cc(OC)cc(C(N)Cc2ccc(Br)cc2)c1. The van der Waals surface area contributed by atoms with E-state index in [1.54, 1.807) is 14.2 Å². The topological polar surface area (TPSA) is 44.5 Å². The number of rotatable bonds is 5. The largest absolute Gasteiger partial charge is 0.497 e. The third kappa shape index (κ3) is 3.74. The predicted molar refractivity (Wildman–Crippen MR) is 84.3 cm³/mol. The smallest absolute Gasteiger partial charge is 0.122 e. The van der Waals surface area contributed by atoms with Gasteiger partial charge in [0.25, 0.3) is 0 Å². The van der Waals surface area contributed by atoms with Crippen molar-refractivity contribution in [3.63, 3.8) is 0 Å². The molecule has 0 spiro atoms. The van der Waals surface area contributed by atoms with Gasteiger partial charge in [0.05, 0.1) is 14.2 Å². The number of hydrogen-bond donors (Lipinski definition) is 1. The highest BCUT2D eigenvalue weighted by molar-refractivity contribution is 9.10. The van der Waals surface area contributed by atoms with Gasteiger partial charge in [-0.15, -0.1) is 0 Å². The molecule has 0 bridgehead atoms. The first kappa shape index (κ1) is 14.9. The summed E-state index contributed by atoms with van der Waals surface area (Å²) in [7, 11) is 3.28. The summed E-state index contributed by atoms with van der Waals surface area (Å²) in [6.07, 6.45) is 0.767. The lowest BCUT2D eigenvalue weighted by Crippen LogP contribution is -2.13. The second-order valence-corrected chi connectivity index (χ2v) is 5.50. The zero-order valence-electron chi connectivity index (χ0n) is 11.6. The molecule has 0 aliphatic rings. The Morgan fingerprint density at radius 2 is 1.55 bits per heavy atom. The Labute approximate surface area is 127 Å². The van der Waals surface area contributed by atoms with Crippen LogP contribution in [0.4, 0.5) is 0 Å². The van der Waals surface area contributed by atoms with E-state index in [1.807, 2.05) is 30.3 Å². The van der Waals surface area contributed by atoms with Crippen molar-refractivity contribution in [1.29, 1.82) is 0 Å². The summed E-state index contributed by atoms with van der Waals surface area (Å²) in [5, 5.41) is 0. The van der Waals surface area contributed by atoms with Gasteiger partial charge in [0.2, 0.25) is 0 Å². The Morgan fingerprint density at radius 1 is 1.00 bits per heavy atom. The summed E-state index contributed by atoms with van der Waals surface area (Å²) in [5.41, 5.74) is 8.49. The quantitative estimate of drug-likeness (QED) is 0.905. The molecule has 0 aromatic heterocycles. The number of nitrogens with two attached hydrogens (primary N) is 1. The van der Waals surface area contributed by atoms with E-state index in [-0.39, 0.29) is 6.04 Å². The zero-order valence-corrected chi connectivity index (χ0v) is 13.2. The van der Waals surface area contributed by atoms with Crippen LogP contribution >= 0.6 is 15.9 Å². The maximum atomic E-state index is 6.29. The summed E-state index contributed by atoms with van der Waals surface area (Å²) >= 11 is 3.43. The molecule has 0 amide bonds. The molecule has 0 aliphatic carbocycles. The number of ether oxygens (including phenoxy) is 2. The van der Waals surface area contributed by atoms with E-state index in [0.29, 0.717) is 0 Å².